The molecule has 0 aliphatic heterocycles. The van der Waals surface area contributed by atoms with Crippen molar-refractivity contribution in [3.63, 3.8) is 0 Å². The lowest BCUT2D eigenvalue weighted by molar-refractivity contribution is -0.114. The Hall–Kier alpha value is -3.39. The Morgan fingerprint density at radius 3 is 2.72 bits per heavy atom. The number of nitrogens with one attached hydrogen (secondary N) is 1. The first-order valence-corrected chi connectivity index (χ1v) is 9.94. The highest BCUT2D eigenvalue weighted by atomic mass is 32.1. The van der Waals surface area contributed by atoms with Gasteiger partial charge in [0.25, 0.3) is 0 Å². The van der Waals surface area contributed by atoms with E-state index < -0.39 is 0 Å². The molecule has 4 heterocycles. The molecule has 4 rings (SSSR count). The molecule has 0 spiro atoms. The molecule has 0 fully saturated rings. The third kappa shape index (κ3) is 3.93. The lowest BCUT2D eigenvalue weighted by Crippen LogP contribution is -2.31. The minimum absolute atomic E-state index is 0.142. The van der Waals surface area contributed by atoms with Crippen LogP contribution in [0.15, 0.2) is 48.9 Å². The second kappa shape index (κ2) is 7.92. The average molecular weight is 404 g/mol. The number of rotatable bonds is 5. The average Bonchev–Trinajstić information content (AvgIpc) is 3.02. The van der Waals surface area contributed by atoms with Crippen LogP contribution in [0.3, 0.4) is 0 Å². The van der Waals surface area contributed by atoms with E-state index in [9.17, 15) is 4.79 Å². The van der Waals surface area contributed by atoms with Crippen LogP contribution in [-0.2, 0) is 4.79 Å². The third-order valence-corrected chi connectivity index (χ3v) is 5.69. The fourth-order valence-corrected chi connectivity index (χ4v) is 4.07. The van der Waals surface area contributed by atoms with Crippen molar-refractivity contribution < 1.29 is 4.79 Å². The Balaban J connectivity index is 1.70. The number of anilines is 2. The van der Waals surface area contributed by atoms with Crippen molar-refractivity contribution in [1.29, 1.82) is 0 Å². The van der Waals surface area contributed by atoms with Gasteiger partial charge >= 0.3 is 0 Å². The summed E-state index contributed by atoms with van der Waals surface area (Å²) < 4.78 is 0. The molecule has 0 saturated heterocycles. The van der Waals surface area contributed by atoms with Gasteiger partial charge in [0.15, 0.2) is 5.82 Å². The molecular weight excluding hydrogens is 384 g/mol. The van der Waals surface area contributed by atoms with Gasteiger partial charge in [0.1, 0.15) is 16.3 Å². The zero-order chi connectivity index (χ0) is 20.4. The summed E-state index contributed by atoms with van der Waals surface area (Å²) in [6.07, 6.45) is 5.01. The van der Waals surface area contributed by atoms with Crippen molar-refractivity contribution in [2.45, 2.75) is 13.8 Å². The van der Waals surface area contributed by atoms with E-state index in [4.69, 9.17) is 9.97 Å². The number of carbonyl (C=O) groups excluding carboxylic acids is 1. The van der Waals surface area contributed by atoms with E-state index in [0.717, 1.165) is 21.6 Å². The molecule has 0 saturated carbocycles. The highest BCUT2D eigenvalue weighted by Gasteiger charge is 2.20. The summed E-state index contributed by atoms with van der Waals surface area (Å²) in [5.41, 5.74) is 2.50. The van der Waals surface area contributed by atoms with Crippen LogP contribution in [0.4, 0.5) is 11.5 Å². The number of fused-ring (bicyclic) bond motifs is 1. The first-order valence-electron chi connectivity index (χ1n) is 9.13. The summed E-state index contributed by atoms with van der Waals surface area (Å²) >= 11 is 1.63. The van der Waals surface area contributed by atoms with Gasteiger partial charge in [-0.2, -0.15) is 0 Å². The van der Waals surface area contributed by atoms with Crippen molar-refractivity contribution in [3.05, 3.63) is 59.4 Å². The molecule has 29 heavy (non-hydrogen) atoms. The number of amides is 1. The maximum absolute atomic E-state index is 12.5. The minimum Gasteiger partial charge on any atom is -0.350 e. The van der Waals surface area contributed by atoms with E-state index in [2.05, 4.69) is 29.1 Å². The number of hydrogen-bond acceptors (Lipinski definition) is 7. The van der Waals surface area contributed by atoms with Crippen LogP contribution in [0.5, 0.6) is 0 Å². The molecule has 0 bridgehead atoms. The number of likely N-dealkylation sites (N-methyl/N-ethyl adjacent to an activating group) is 1. The summed E-state index contributed by atoms with van der Waals surface area (Å²) in [5.74, 6) is 1.13. The molecule has 4 aromatic rings. The molecule has 0 atom stereocenters. The van der Waals surface area contributed by atoms with Crippen LogP contribution in [0.2, 0.25) is 0 Å². The highest BCUT2D eigenvalue weighted by Crippen LogP contribution is 2.36. The van der Waals surface area contributed by atoms with E-state index in [-0.39, 0.29) is 12.5 Å². The van der Waals surface area contributed by atoms with Crippen LogP contribution < -0.4 is 10.2 Å². The second-order valence-electron chi connectivity index (χ2n) is 6.70. The van der Waals surface area contributed by atoms with Crippen LogP contribution in [0, 0.1) is 13.8 Å². The second-order valence-corrected chi connectivity index (χ2v) is 7.90. The maximum Gasteiger partial charge on any atom is 0.243 e. The van der Waals surface area contributed by atoms with E-state index in [1.165, 1.54) is 4.88 Å². The van der Waals surface area contributed by atoms with E-state index in [1.54, 1.807) is 42.1 Å². The monoisotopic (exact) mass is 404 g/mol. The first kappa shape index (κ1) is 18.9. The van der Waals surface area contributed by atoms with Gasteiger partial charge in [-0.1, -0.05) is 6.07 Å². The van der Waals surface area contributed by atoms with Crippen molar-refractivity contribution >= 4 is 39.0 Å². The Morgan fingerprint density at radius 2 is 2.00 bits per heavy atom. The van der Waals surface area contributed by atoms with Gasteiger partial charge in [0, 0.05) is 24.3 Å². The molecule has 0 aliphatic carbocycles. The zero-order valence-corrected chi connectivity index (χ0v) is 17.2. The number of pyridine rings is 2. The fourth-order valence-electron chi connectivity index (χ4n) is 3.04. The predicted molar refractivity (Wildman–Crippen MR) is 116 cm³/mol. The van der Waals surface area contributed by atoms with Gasteiger partial charge in [-0.15, -0.1) is 11.3 Å². The first-order chi connectivity index (χ1) is 14.0. The molecule has 7 nitrogen and oxygen atoms in total. The summed E-state index contributed by atoms with van der Waals surface area (Å²) in [6, 6.07) is 9.24. The molecule has 0 unspecified atom stereocenters. The Bertz CT molecular complexity index is 1160. The van der Waals surface area contributed by atoms with E-state index >= 15 is 0 Å². The summed E-state index contributed by atoms with van der Waals surface area (Å²) in [7, 11) is 1.86. The lowest BCUT2D eigenvalue weighted by atomic mass is 10.2. The largest absolute Gasteiger partial charge is 0.350 e. The molecule has 0 radical (unpaired) electrons. The SMILES string of the molecule is Cc1sc2nc(-c3ccccn3)nc(N(C)CC(=O)Nc3cccnc3)c2c1C. The molecule has 1 N–H and O–H groups in total. The molecule has 8 heteroatoms. The van der Waals surface area contributed by atoms with Gasteiger partial charge < -0.3 is 10.2 Å². The summed E-state index contributed by atoms with van der Waals surface area (Å²) in [5, 5.41) is 3.84. The highest BCUT2D eigenvalue weighted by molar-refractivity contribution is 7.18. The van der Waals surface area contributed by atoms with Crippen LogP contribution in [-0.4, -0.2) is 39.4 Å². The van der Waals surface area contributed by atoms with Gasteiger partial charge in [-0.25, -0.2) is 9.97 Å². The molecule has 146 valence electrons. The Labute approximate surface area is 172 Å². The quantitative estimate of drug-likeness (QED) is 0.544. The number of aryl methyl sites for hydroxylation is 2. The van der Waals surface area contributed by atoms with Crippen LogP contribution in [0.1, 0.15) is 10.4 Å². The number of thiophene rings is 1. The van der Waals surface area contributed by atoms with Gasteiger partial charge in [-0.05, 0) is 43.7 Å². The molecule has 0 aliphatic rings. The number of hydrogen-bond donors (Lipinski definition) is 1. The molecular formula is C21H20N6OS. The standard InChI is InChI=1S/C21H20N6OS/c1-13-14(2)29-21-18(13)20(25-19(26-21)16-8-4-5-10-23-16)27(3)12-17(28)24-15-7-6-9-22-11-15/h4-11H,12H2,1-3H3,(H,24,28). The number of nitrogens with zero attached hydrogens (tertiary/aromatic N) is 5. The normalized spacial score (nSPS) is 10.9. The topological polar surface area (TPSA) is 83.9 Å². The van der Waals surface area contributed by atoms with E-state index in [1.807, 2.05) is 30.1 Å². The third-order valence-electron chi connectivity index (χ3n) is 4.59. The lowest BCUT2D eigenvalue weighted by Gasteiger charge is -2.19. The number of aromatic nitrogens is 4. The zero-order valence-electron chi connectivity index (χ0n) is 16.4. The Morgan fingerprint density at radius 1 is 1.14 bits per heavy atom. The smallest absolute Gasteiger partial charge is 0.243 e. The van der Waals surface area contributed by atoms with Gasteiger partial charge in [0.05, 0.1) is 23.8 Å². The Kier molecular flexibility index (Phi) is 5.18. The molecule has 0 aromatic carbocycles. The molecule has 1 amide bonds. The maximum atomic E-state index is 12.5. The molecule has 4 aromatic heterocycles. The van der Waals surface area contributed by atoms with Crippen molar-refractivity contribution in [3.8, 4) is 11.5 Å². The van der Waals surface area contributed by atoms with Gasteiger partial charge in [0.2, 0.25) is 5.91 Å². The summed E-state index contributed by atoms with van der Waals surface area (Å²) in [4.78, 5) is 34.4. The predicted octanol–water partition coefficient (Wildman–Crippen LogP) is 3.84. The minimum atomic E-state index is -0.142. The van der Waals surface area contributed by atoms with Crippen molar-refractivity contribution in [1.82, 2.24) is 19.9 Å². The van der Waals surface area contributed by atoms with Crippen LogP contribution >= 0.6 is 11.3 Å². The van der Waals surface area contributed by atoms with Gasteiger partial charge in [-0.3, -0.25) is 14.8 Å². The van der Waals surface area contributed by atoms with Crippen molar-refractivity contribution in [2.75, 3.05) is 23.8 Å². The van der Waals surface area contributed by atoms with E-state index in [0.29, 0.717) is 17.2 Å². The fraction of sp³-hybridized carbons (Fsp3) is 0.190. The number of carbonyl (C=O) groups is 1. The van der Waals surface area contributed by atoms with Crippen LogP contribution in [0.25, 0.3) is 21.7 Å². The van der Waals surface area contributed by atoms with Crippen molar-refractivity contribution in [2.24, 2.45) is 0 Å². The summed E-state index contributed by atoms with van der Waals surface area (Å²) in [6.45, 7) is 4.28.